The van der Waals surface area contributed by atoms with E-state index >= 15 is 0 Å². The maximum Gasteiger partial charge on any atom is 0.254 e. The van der Waals surface area contributed by atoms with Crippen LogP contribution < -0.4 is 5.14 Å². The zero-order valence-corrected chi connectivity index (χ0v) is 13.5. The second-order valence-electron chi connectivity index (χ2n) is 5.77. The van der Waals surface area contributed by atoms with Crippen molar-refractivity contribution >= 4 is 15.9 Å². The van der Waals surface area contributed by atoms with Crippen molar-refractivity contribution in [3.8, 4) is 0 Å². The molecule has 0 bridgehead atoms. The van der Waals surface area contributed by atoms with Crippen molar-refractivity contribution < 1.29 is 13.2 Å². The first-order chi connectivity index (χ1) is 9.74. The number of rotatable bonds is 3. The SMILES string of the molecule is CCC1CCN(C(=O)c2cc(S(N)(=O)=O)cc(C)c2C)C1. The largest absolute Gasteiger partial charge is 0.338 e. The molecular weight excluding hydrogens is 288 g/mol. The highest BCUT2D eigenvalue weighted by atomic mass is 32.2. The van der Waals surface area contributed by atoms with Crippen molar-refractivity contribution in [3.05, 3.63) is 28.8 Å². The van der Waals surface area contributed by atoms with E-state index in [1.54, 1.807) is 6.92 Å². The molecule has 0 aromatic heterocycles. The van der Waals surface area contributed by atoms with Gasteiger partial charge in [0.25, 0.3) is 5.91 Å². The average Bonchev–Trinajstić information content (AvgIpc) is 2.88. The van der Waals surface area contributed by atoms with Crippen molar-refractivity contribution in [3.63, 3.8) is 0 Å². The Morgan fingerprint density at radius 3 is 2.57 bits per heavy atom. The molecule has 1 saturated heterocycles. The van der Waals surface area contributed by atoms with Crippen molar-refractivity contribution in [2.45, 2.75) is 38.5 Å². The molecule has 6 heteroatoms. The molecule has 0 spiro atoms. The summed E-state index contributed by atoms with van der Waals surface area (Å²) in [4.78, 5) is 14.5. The molecule has 1 aromatic rings. The predicted molar refractivity (Wildman–Crippen MR) is 81.6 cm³/mol. The number of benzene rings is 1. The number of carbonyl (C=O) groups excluding carboxylic acids is 1. The van der Waals surface area contributed by atoms with Gasteiger partial charge in [0.05, 0.1) is 4.90 Å². The summed E-state index contributed by atoms with van der Waals surface area (Å²) in [6.07, 6.45) is 2.06. The van der Waals surface area contributed by atoms with E-state index in [0.717, 1.165) is 37.1 Å². The predicted octanol–water partition coefficient (Wildman–Crippen LogP) is 1.82. The number of nitrogens with zero attached hydrogens (tertiary/aromatic N) is 1. The van der Waals surface area contributed by atoms with E-state index in [2.05, 4.69) is 6.92 Å². The Morgan fingerprint density at radius 2 is 2.05 bits per heavy atom. The van der Waals surface area contributed by atoms with Crippen LogP contribution >= 0.6 is 0 Å². The molecule has 2 rings (SSSR count). The normalized spacial score (nSPS) is 19.0. The molecule has 0 radical (unpaired) electrons. The van der Waals surface area contributed by atoms with Gasteiger partial charge in [-0.15, -0.1) is 0 Å². The van der Waals surface area contributed by atoms with Gasteiger partial charge in [-0.1, -0.05) is 13.3 Å². The number of aryl methyl sites for hydroxylation is 1. The second kappa shape index (κ2) is 5.77. The summed E-state index contributed by atoms with van der Waals surface area (Å²) in [6, 6.07) is 2.92. The lowest BCUT2D eigenvalue weighted by molar-refractivity contribution is 0.0786. The Hall–Kier alpha value is -1.40. The topological polar surface area (TPSA) is 80.5 Å². The monoisotopic (exact) mass is 310 g/mol. The molecule has 21 heavy (non-hydrogen) atoms. The Kier molecular flexibility index (Phi) is 4.39. The lowest BCUT2D eigenvalue weighted by Crippen LogP contribution is -2.29. The first kappa shape index (κ1) is 16.0. The Bertz CT molecular complexity index is 668. The van der Waals surface area contributed by atoms with E-state index in [1.807, 2.05) is 11.8 Å². The number of hydrogen-bond donors (Lipinski definition) is 1. The fourth-order valence-corrected chi connectivity index (χ4v) is 3.36. The van der Waals surface area contributed by atoms with E-state index in [-0.39, 0.29) is 10.8 Å². The van der Waals surface area contributed by atoms with Gasteiger partial charge in [-0.25, -0.2) is 13.6 Å². The van der Waals surface area contributed by atoms with Crippen molar-refractivity contribution in [1.82, 2.24) is 4.90 Å². The minimum Gasteiger partial charge on any atom is -0.338 e. The minimum atomic E-state index is -3.81. The molecule has 116 valence electrons. The standard InChI is InChI=1S/C15H22N2O3S/c1-4-12-5-6-17(9-12)15(18)14-8-13(21(16,19)20)7-10(2)11(14)3/h7-8,12H,4-6,9H2,1-3H3,(H2,16,19,20). The van der Waals surface area contributed by atoms with E-state index < -0.39 is 10.0 Å². The van der Waals surface area contributed by atoms with Gasteiger partial charge in [0.1, 0.15) is 0 Å². The van der Waals surface area contributed by atoms with Crippen LogP contribution in [-0.2, 0) is 10.0 Å². The first-order valence-electron chi connectivity index (χ1n) is 7.17. The third-order valence-electron chi connectivity index (χ3n) is 4.35. The molecule has 1 unspecified atom stereocenters. The second-order valence-corrected chi connectivity index (χ2v) is 7.33. The van der Waals surface area contributed by atoms with E-state index in [4.69, 9.17) is 5.14 Å². The zero-order valence-electron chi connectivity index (χ0n) is 12.7. The van der Waals surface area contributed by atoms with Gasteiger partial charge in [0.2, 0.25) is 10.0 Å². The highest BCUT2D eigenvalue weighted by molar-refractivity contribution is 7.89. The smallest absolute Gasteiger partial charge is 0.254 e. The van der Waals surface area contributed by atoms with Crippen LogP contribution in [-0.4, -0.2) is 32.3 Å². The van der Waals surface area contributed by atoms with E-state index in [9.17, 15) is 13.2 Å². The molecule has 1 aliphatic heterocycles. The van der Waals surface area contributed by atoms with Crippen LogP contribution in [0.15, 0.2) is 17.0 Å². The number of carbonyl (C=O) groups is 1. The number of likely N-dealkylation sites (tertiary alicyclic amines) is 1. The highest BCUT2D eigenvalue weighted by Crippen LogP contribution is 2.25. The molecule has 1 fully saturated rings. The summed E-state index contributed by atoms with van der Waals surface area (Å²) < 4.78 is 23.1. The summed E-state index contributed by atoms with van der Waals surface area (Å²) >= 11 is 0. The van der Waals surface area contributed by atoms with Crippen molar-refractivity contribution in [2.75, 3.05) is 13.1 Å². The van der Waals surface area contributed by atoms with E-state index in [0.29, 0.717) is 11.5 Å². The van der Waals surface area contributed by atoms with Crippen LogP contribution in [0.25, 0.3) is 0 Å². The highest BCUT2D eigenvalue weighted by Gasteiger charge is 2.27. The van der Waals surface area contributed by atoms with Crippen LogP contribution in [0, 0.1) is 19.8 Å². The Morgan fingerprint density at radius 1 is 1.38 bits per heavy atom. The van der Waals surface area contributed by atoms with E-state index in [1.165, 1.54) is 12.1 Å². The quantitative estimate of drug-likeness (QED) is 0.924. The summed E-state index contributed by atoms with van der Waals surface area (Å²) in [5.74, 6) is 0.439. The van der Waals surface area contributed by atoms with Crippen molar-refractivity contribution in [2.24, 2.45) is 11.1 Å². The van der Waals surface area contributed by atoms with Gasteiger partial charge < -0.3 is 4.90 Å². The Labute approximate surface area is 126 Å². The number of hydrogen-bond acceptors (Lipinski definition) is 3. The number of amides is 1. The fourth-order valence-electron chi connectivity index (χ4n) is 2.73. The maximum atomic E-state index is 12.7. The molecule has 1 aliphatic rings. The van der Waals surface area contributed by atoms with Gasteiger partial charge in [-0.2, -0.15) is 0 Å². The number of nitrogens with two attached hydrogens (primary N) is 1. The van der Waals surface area contributed by atoms with Crippen LogP contribution in [0.4, 0.5) is 0 Å². The van der Waals surface area contributed by atoms with Crippen LogP contribution in [0.1, 0.15) is 41.3 Å². The maximum absolute atomic E-state index is 12.7. The fraction of sp³-hybridized carbons (Fsp3) is 0.533. The summed E-state index contributed by atoms with van der Waals surface area (Å²) in [5.41, 5.74) is 2.01. The van der Waals surface area contributed by atoms with Gasteiger partial charge in [-0.05, 0) is 49.4 Å². The molecule has 2 N–H and O–H groups in total. The molecule has 1 atom stereocenters. The van der Waals surface area contributed by atoms with Crippen LogP contribution in [0.3, 0.4) is 0 Å². The number of sulfonamides is 1. The summed E-state index contributed by atoms with van der Waals surface area (Å²) in [5, 5.41) is 5.19. The van der Waals surface area contributed by atoms with Crippen LogP contribution in [0.5, 0.6) is 0 Å². The van der Waals surface area contributed by atoms with Gasteiger partial charge in [0, 0.05) is 18.7 Å². The summed E-state index contributed by atoms with van der Waals surface area (Å²) in [7, 11) is -3.81. The molecule has 0 saturated carbocycles. The first-order valence-corrected chi connectivity index (χ1v) is 8.72. The zero-order chi connectivity index (χ0) is 15.8. The summed E-state index contributed by atoms with van der Waals surface area (Å²) in [6.45, 7) is 7.22. The molecular formula is C15H22N2O3S. The lowest BCUT2D eigenvalue weighted by Gasteiger charge is -2.19. The third-order valence-corrected chi connectivity index (χ3v) is 5.24. The number of primary sulfonamides is 1. The lowest BCUT2D eigenvalue weighted by atomic mass is 10.0. The molecule has 1 aromatic carbocycles. The molecule has 0 aliphatic carbocycles. The molecule has 1 amide bonds. The van der Waals surface area contributed by atoms with Gasteiger partial charge in [-0.3, -0.25) is 4.79 Å². The minimum absolute atomic E-state index is 0.000175. The molecule has 5 nitrogen and oxygen atoms in total. The van der Waals surface area contributed by atoms with Gasteiger partial charge in [0.15, 0.2) is 0 Å². The van der Waals surface area contributed by atoms with Gasteiger partial charge >= 0.3 is 0 Å². The average molecular weight is 310 g/mol. The Balaban J connectivity index is 2.39. The molecule has 1 heterocycles. The van der Waals surface area contributed by atoms with Crippen molar-refractivity contribution in [1.29, 1.82) is 0 Å². The van der Waals surface area contributed by atoms with Crippen LogP contribution in [0.2, 0.25) is 0 Å². The third kappa shape index (κ3) is 3.27.